The van der Waals surface area contributed by atoms with Gasteiger partial charge in [-0.3, -0.25) is 0 Å². The molecular formula is C12H10F2O. The Balaban J connectivity index is 2.86. The van der Waals surface area contributed by atoms with Crippen LogP contribution >= 0.6 is 0 Å². The van der Waals surface area contributed by atoms with E-state index in [4.69, 9.17) is 5.11 Å². The minimum atomic E-state index is -0.599. The summed E-state index contributed by atoms with van der Waals surface area (Å²) in [7, 11) is 0. The molecule has 15 heavy (non-hydrogen) atoms. The quantitative estimate of drug-likeness (QED) is 0.763. The topological polar surface area (TPSA) is 20.2 Å². The molecule has 1 nitrogen and oxygen atoms in total. The molecule has 0 aromatic heterocycles. The Morgan fingerprint density at radius 3 is 2.53 bits per heavy atom. The van der Waals surface area contributed by atoms with Gasteiger partial charge in [-0.05, 0) is 29.5 Å². The van der Waals surface area contributed by atoms with Crippen molar-refractivity contribution in [3.05, 3.63) is 47.0 Å². The van der Waals surface area contributed by atoms with E-state index in [0.717, 1.165) is 6.07 Å². The lowest BCUT2D eigenvalue weighted by Gasteiger charge is -2.07. The normalized spacial score (nSPS) is 10.9. The van der Waals surface area contributed by atoms with Crippen LogP contribution in [0, 0.1) is 18.6 Å². The van der Waals surface area contributed by atoms with Crippen LogP contribution in [0.3, 0.4) is 0 Å². The monoisotopic (exact) mass is 208 g/mol. The second-order valence-corrected chi connectivity index (χ2v) is 3.49. The summed E-state index contributed by atoms with van der Waals surface area (Å²) < 4.78 is 26.4. The molecule has 0 aliphatic carbocycles. The molecular weight excluding hydrogens is 198 g/mol. The Morgan fingerprint density at radius 1 is 1.13 bits per heavy atom. The molecule has 2 aromatic rings. The van der Waals surface area contributed by atoms with Crippen LogP contribution in [0.25, 0.3) is 10.8 Å². The average molecular weight is 208 g/mol. The van der Waals surface area contributed by atoms with Crippen molar-refractivity contribution < 1.29 is 13.9 Å². The number of hydrogen-bond acceptors (Lipinski definition) is 1. The molecule has 0 saturated heterocycles. The van der Waals surface area contributed by atoms with E-state index in [1.54, 1.807) is 19.1 Å². The highest BCUT2D eigenvalue weighted by Crippen LogP contribution is 2.25. The molecule has 0 amide bonds. The Morgan fingerprint density at radius 2 is 1.87 bits per heavy atom. The third-order valence-electron chi connectivity index (χ3n) is 2.60. The molecule has 0 aliphatic rings. The lowest BCUT2D eigenvalue weighted by Crippen LogP contribution is -1.92. The molecule has 0 atom stereocenters. The summed E-state index contributed by atoms with van der Waals surface area (Å²) in [4.78, 5) is 0. The van der Waals surface area contributed by atoms with E-state index in [1.165, 1.54) is 6.07 Å². The van der Waals surface area contributed by atoms with E-state index in [9.17, 15) is 8.78 Å². The van der Waals surface area contributed by atoms with Crippen LogP contribution in [0.4, 0.5) is 8.78 Å². The molecule has 0 spiro atoms. The fourth-order valence-electron chi connectivity index (χ4n) is 1.72. The summed E-state index contributed by atoms with van der Waals surface area (Å²) in [5.74, 6) is -1.17. The lowest BCUT2D eigenvalue weighted by atomic mass is 10.00. The third kappa shape index (κ3) is 1.59. The summed E-state index contributed by atoms with van der Waals surface area (Å²) in [5.41, 5.74) is 1.40. The van der Waals surface area contributed by atoms with E-state index in [0.29, 0.717) is 21.9 Å². The highest BCUT2D eigenvalue weighted by atomic mass is 19.1. The Kier molecular flexibility index (Phi) is 2.40. The van der Waals surface area contributed by atoms with Gasteiger partial charge in [-0.25, -0.2) is 8.78 Å². The van der Waals surface area contributed by atoms with Gasteiger partial charge in [0.05, 0.1) is 6.61 Å². The van der Waals surface area contributed by atoms with Gasteiger partial charge >= 0.3 is 0 Å². The van der Waals surface area contributed by atoms with Crippen molar-refractivity contribution in [3.63, 3.8) is 0 Å². The highest BCUT2D eigenvalue weighted by Gasteiger charge is 2.08. The SMILES string of the molecule is Cc1c(CO)ccc2c(F)cc(F)cc12. The first-order valence-corrected chi connectivity index (χ1v) is 4.61. The van der Waals surface area contributed by atoms with Crippen LogP contribution < -0.4 is 0 Å². The van der Waals surface area contributed by atoms with Gasteiger partial charge in [0.2, 0.25) is 0 Å². The predicted octanol–water partition coefficient (Wildman–Crippen LogP) is 2.92. The summed E-state index contributed by atoms with van der Waals surface area (Å²) in [5, 5.41) is 9.92. The van der Waals surface area contributed by atoms with Gasteiger partial charge in [-0.15, -0.1) is 0 Å². The van der Waals surface area contributed by atoms with Crippen molar-refractivity contribution in [2.45, 2.75) is 13.5 Å². The van der Waals surface area contributed by atoms with E-state index in [1.807, 2.05) is 0 Å². The molecule has 0 unspecified atom stereocenters. The number of hydrogen-bond donors (Lipinski definition) is 1. The second-order valence-electron chi connectivity index (χ2n) is 3.49. The van der Waals surface area contributed by atoms with Gasteiger partial charge in [-0.1, -0.05) is 12.1 Å². The van der Waals surface area contributed by atoms with Gasteiger partial charge in [0.25, 0.3) is 0 Å². The van der Waals surface area contributed by atoms with Crippen molar-refractivity contribution >= 4 is 10.8 Å². The van der Waals surface area contributed by atoms with Crippen LogP contribution in [0.2, 0.25) is 0 Å². The predicted molar refractivity (Wildman–Crippen MR) is 54.5 cm³/mol. The minimum absolute atomic E-state index is 0.125. The van der Waals surface area contributed by atoms with Crippen LogP contribution in [0.15, 0.2) is 24.3 Å². The Labute approximate surface area is 86.0 Å². The number of halogens is 2. The number of aryl methyl sites for hydroxylation is 1. The largest absolute Gasteiger partial charge is 0.392 e. The molecule has 0 aliphatic heterocycles. The van der Waals surface area contributed by atoms with E-state index in [-0.39, 0.29) is 6.61 Å². The van der Waals surface area contributed by atoms with Gasteiger partial charge in [0.15, 0.2) is 0 Å². The van der Waals surface area contributed by atoms with Crippen LogP contribution in [0.1, 0.15) is 11.1 Å². The minimum Gasteiger partial charge on any atom is -0.392 e. The number of benzene rings is 2. The fourth-order valence-corrected chi connectivity index (χ4v) is 1.72. The van der Waals surface area contributed by atoms with Crippen LogP contribution in [-0.2, 0) is 6.61 Å². The van der Waals surface area contributed by atoms with Crippen LogP contribution in [-0.4, -0.2) is 5.11 Å². The standard InChI is InChI=1S/C12H10F2O/c1-7-8(6-15)2-3-10-11(7)4-9(13)5-12(10)14/h2-5,15H,6H2,1H3. The third-order valence-corrected chi connectivity index (χ3v) is 2.60. The first-order chi connectivity index (χ1) is 7.13. The molecule has 0 radical (unpaired) electrons. The van der Waals surface area contributed by atoms with Crippen molar-refractivity contribution in [1.29, 1.82) is 0 Å². The van der Waals surface area contributed by atoms with Gasteiger partial charge < -0.3 is 5.11 Å². The molecule has 0 saturated carbocycles. The molecule has 0 bridgehead atoms. The smallest absolute Gasteiger partial charge is 0.133 e. The van der Waals surface area contributed by atoms with Gasteiger partial charge in [-0.2, -0.15) is 0 Å². The number of aliphatic hydroxyl groups is 1. The fraction of sp³-hybridized carbons (Fsp3) is 0.167. The average Bonchev–Trinajstić information content (AvgIpc) is 2.19. The molecule has 1 N–H and O–H groups in total. The first-order valence-electron chi connectivity index (χ1n) is 4.61. The number of aliphatic hydroxyl groups excluding tert-OH is 1. The van der Waals surface area contributed by atoms with Crippen molar-refractivity contribution in [2.24, 2.45) is 0 Å². The van der Waals surface area contributed by atoms with E-state index in [2.05, 4.69) is 0 Å². The van der Waals surface area contributed by atoms with Crippen molar-refractivity contribution in [2.75, 3.05) is 0 Å². The van der Waals surface area contributed by atoms with Gasteiger partial charge in [0, 0.05) is 11.5 Å². The highest BCUT2D eigenvalue weighted by molar-refractivity contribution is 5.87. The zero-order valence-corrected chi connectivity index (χ0v) is 8.22. The lowest BCUT2D eigenvalue weighted by molar-refractivity contribution is 0.281. The number of fused-ring (bicyclic) bond motifs is 1. The van der Waals surface area contributed by atoms with E-state index < -0.39 is 11.6 Å². The maximum atomic E-state index is 13.4. The zero-order chi connectivity index (χ0) is 11.0. The van der Waals surface area contributed by atoms with Gasteiger partial charge in [0.1, 0.15) is 11.6 Å². The summed E-state index contributed by atoms with van der Waals surface area (Å²) in [6.45, 7) is 1.62. The summed E-state index contributed by atoms with van der Waals surface area (Å²) >= 11 is 0. The summed E-state index contributed by atoms with van der Waals surface area (Å²) in [6.07, 6.45) is 0. The first kappa shape index (κ1) is 10.1. The van der Waals surface area contributed by atoms with Crippen LogP contribution in [0.5, 0.6) is 0 Å². The maximum absolute atomic E-state index is 13.4. The molecule has 3 heteroatoms. The Hall–Kier alpha value is -1.48. The second kappa shape index (κ2) is 3.59. The molecule has 2 rings (SSSR count). The van der Waals surface area contributed by atoms with E-state index >= 15 is 0 Å². The molecule has 0 fully saturated rings. The van der Waals surface area contributed by atoms with Crippen molar-refractivity contribution in [1.82, 2.24) is 0 Å². The zero-order valence-electron chi connectivity index (χ0n) is 8.22. The summed E-state index contributed by atoms with van der Waals surface area (Å²) in [6, 6.07) is 5.36. The Bertz CT molecular complexity index is 521. The molecule has 78 valence electrons. The molecule has 2 aromatic carbocycles. The maximum Gasteiger partial charge on any atom is 0.133 e. The van der Waals surface area contributed by atoms with Crippen molar-refractivity contribution in [3.8, 4) is 0 Å². The molecule has 0 heterocycles. The number of rotatable bonds is 1.